The predicted molar refractivity (Wildman–Crippen MR) is 58.9 cm³/mol. The molecule has 1 aliphatic rings. The molecule has 0 radical (unpaired) electrons. The molecule has 0 aromatic heterocycles. The molecule has 0 saturated carbocycles. The minimum atomic E-state index is -2.57. The minimum Gasteiger partial charge on any atom is -0.324 e. The van der Waals surface area contributed by atoms with Crippen LogP contribution in [0.4, 0.5) is 8.78 Å². The van der Waals surface area contributed by atoms with Gasteiger partial charge in [-0.1, -0.05) is 17.2 Å². The predicted octanol–water partition coefficient (Wildman–Crippen LogP) is 3.42. The number of halogens is 2. The van der Waals surface area contributed by atoms with Crippen molar-refractivity contribution in [1.82, 2.24) is 0 Å². The van der Waals surface area contributed by atoms with Gasteiger partial charge in [-0.05, 0) is 39.2 Å². The highest BCUT2D eigenvalue weighted by Gasteiger charge is 2.23. The van der Waals surface area contributed by atoms with E-state index in [1.54, 1.807) is 0 Å². The lowest BCUT2D eigenvalue weighted by atomic mass is 10.0. The molecule has 0 aromatic rings. The van der Waals surface area contributed by atoms with E-state index in [0.717, 1.165) is 30.1 Å². The summed E-state index contributed by atoms with van der Waals surface area (Å²) in [7, 11) is 0. The van der Waals surface area contributed by atoms with Gasteiger partial charge in [-0.15, -0.1) is 0 Å². The van der Waals surface area contributed by atoms with Crippen molar-refractivity contribution >= 4 is 0 Å². The first kappa shape index (κ1) is 12.4. The first-order valence-electron chi connectivity index (χ1n) is 5.32. The summed E-state index contributed by atoms with van der Waals surface area (Å²) in [5.74, 6) is -2.57. The fraction of sp³-hybridized carbons (Fsp3) is 0.667. The van der Waals surface area contributed by atoms with Crippen molar-refractivity contribution < 1.29 is 8.78 Å². The first-order valence-corrected chi connectivity index (χ1v) is 5.32. The maximum absolute atomic E-state index is 12.7. The summed E-state index contributed by atoms with van der Waals surface area (Å²) in [5.41, 5.74) is 9.15. The Morgan fingerprint density at radius 2 is 2.13 bits per heavy atom. The molecule has 0 saturated heterocycles. The smallest absolute Gasteiger partial charge is 0.245 e. The van der Waals surface area contributed by atoms with Gasteiger partial charge in [0.15, 0.2) is 0 Å². The molecule has 15 heavy (non-hydrogen) atoms. The molecular formula is C12H19F2N. The number of hydrogen-bond acceptors (Lipinski definition) is 1. The Bertz CT molecular complexity index is 295. The van der Waals surface area contributed by atoms with E-state index in [1.807, 2.05) is 19.9 Å². The summed E-state index contributed by atoms with van der Waals surface area (Å²) in [6, 6.07) is 0.0274. The molecule has 0 aliphatic heterocycles. The number of allylic oxidation sites excluding steroid dienone is 3. The molecule has 0 heterocycles. The van der Waals surface area contributed by atoms with Gasteiger partial charge < -0.3 is 5.73 Å². The van der Waals surface area contributed by atoms with Crippen LogP contribution in [0.1, 0.15) is 40.0 Å². The van der Waals surface area contributed by atoms with Crippen molar-refractivity contribution in [3.05, 3.63) is 22.8 Å². The molecule has 0 amide bonds. The van der Waals surface area contributed by atoms with E-state index < -0.39 is 5.92 Å². The summed E-state index contributed by atoms with van der Waals surface area (Å²) >= 11 is 0. The van der Waals surface area contributed by atoms with Gasteiger partial charge in [-0.2, -0.15) is 0 Å². The molecular weight excluding hydrogens is 196 g/mol. The quantitative estimate of drug-likeness (QED) is 0.764. The van der Waals surface area contributed by atoms with Gasteiger partial charge >= 0.3 is 0 Å². The van der Waals surface area contributed by atoms with Crippen LogP contribution in [0.15, 0.2) is 22.8 Å². The van der Waals surface area contributed by atoms with Crippen LogP contribution in [0.5, 0.6) is 0 Å². The highest BCUT2D eigenvalue weighted by atomic mass is 19.3. The maximum atomic E-state index is 12.7. The summed E-state index contributed by atoms with van der Waals surface area (Å²) in [5, 5.41) is 0. The molecule has 1 atom stereocenters. The SMILES string of the molecule is CC1=C(CCC(C)(F)F)CC(C(C)N)=C1. The second-order valence-corrected chi connectivity index (χ2v) is 4.54. The van der Waals surface area contributed by atoms with Gasteiger partial charge in [0.2, 0.25) is 5.92 Å². The highest BCUT2D eigenvalue weighted by molar-refractivity contribution is 5.39. The zero-order chi connectivity index (χ0) is 11.6. The standard InChI is InChI=1S/C12H19F2N/c1-8-6-11(9(2)15)7-10(8)4-5-12(3,13)14/h6,9H,4-5,7,15H2,1-3H3. The summed E-state index contributed by atoms with van der Waals surface area (Å²) in [6.45, 7) is 4.87. The zero-order valence-corrected chi connectivity index (χ0v) is 9.61. The maximum Gasteiger partial charge on any atom is 0.245 e. The second kappa shape index (κ2) is 4.44. The van der Waals surface area contributed by atoms with Crippen LogP contribution in [-0.2, 0) is 0 Å². The topological polar surface area (TPSA) is 26.0 Å². The number of alkyl halides is 2. The first-order chi connectivity index (χ1) is 6.79. The Kier molecular flexibility index (Phi) is 3.66. The fourth-order valence-electron chi connectivity index (χ4n) is 1.77. The van der Waals surface area contributed by atoms with E-state index in [2.05, 4.69) is 0 Å². The van der Waals surface area contributed by atoms with E-state index in [4.69, 9.17) is 5.73 Å². The van der Waals surface area contributed by atoms with E-state index in [1.165, 1.54) is 0 Å². The Morgan fingerprint density at radius 3 is 2.53 bits per heavy atom. The summed E-state index contributed by atoms with van der Waals surface area (Å²) in [6.07, 6.45) is 3.22. The second-order valence-electron chi connectivity index (χ2n) is 4.54. The van der Waals surface area contributed by atoms with Crippen molar-refractivity contribution in [2.45, 2.75) is 52.0 Å². The summed E-state index contributed by atoms with van der Waals surface area (Å²) < 4.78 is 25.4. The van der Waals surface area contributed by atoms with Crippen LogP contribution in [0, 0.1) is 0 Å². The molecule has 1 rings (SSSR count). The fourth-order valence-corrected chi connectivity index (χ4v) is 1.77. The van der Waals surface area contributed by atoms with Crippen molar-refractivity contribution in [3.63, 3.8) is 0 Å². The third-order valence-corrected chi connectivity index (χ3v) is 2.83. The van der Waals surface area contributed by atoms with Crippen molar-refractivity contribution in [1.29, 1.82) is 0 Å². The minimum absolute atomic E-state index is 0.0274. The third-order valence-electron chi connectivity index (χ3n) is 2.83. The van der Waals surface area contributed by atoms with Gasteiger partial charge in [0.05, 0.1) is 0 Å². The molecule has 2 N–H and O–H groups in total. The molecule has 0 aromatic carbocycles. The molecule has 1 aliphatic carbocycles. The van der Waals surface area contributed by atoms with Crippen molar-refractivity contribution in [2.24, 2.45) is 5.73 Å². The Balaban J connectivity index is 2.52. The van der Waals surface area contributed by atoms with Crippen molar-refractivity contribution in [3.8, 4) is 0 Å². The lowest BCUT2D eigenvalue weighted by molar-refractivity contribution is 0.0132. The van der Waals surface area contributed by atoms with Gasteiger partial charge in [0, 0.05) is 12.5 Å². The van der Waals surface area contributed by atoms with Crippen LogP contribution in [-0.4, -0.2) is 12.0 Å². The number of rotatable bonds is 4. The summed E-state index contributed by atoms with van der Waals surface area (Å²) in [4.78, 5) is 0. The van der Waals surface area contributed by atoms with E-state index in [9.17, 15) is 8.78 Å². The Labute approximate surface area is 90.0 Å². The van der Waals surface area contributed by atoms with Gasteiger partial charge in [-0.25, -0.2) is 8.78 Å². The third kappa shape index (κ3) is 3.74. The molecule has 0 spiro atoms. The molecule has 0 bridgehead atoms. The molecule has 1 unspecified atom stereocenters. The van der Waals surface area contributed by atoms with Gasteiger partial charge in [-0.3, -0.25) is 0 Å². The normalized spacial score (nSPS) is 19.5. The van der Waals surface area contributed by atoms with E-state index >= 15 is 0 Å². The monoisotopic (exact) mass is 215 g/mol. The lowest BCUT2D eigenvalue weighted by Gasteiger charge is -2.12. The number of nitrogens with two attached hydrogens (primary N) is 1. The van der Waals surface area contributed by atoms with Gasteiger partial charge in [0.1, 0.15) is 0 Å². The average Bonchev–Trinajstić information content (AvgIpc) is 2.42. The van der Waals surface area contributed by atoms with E-state index in [-0.39, 0.29) is 12.5 Å². The van der Waals surface area contributed by atoms with Crippen LogP contribution in [0.25, 0.3) is 0 Å². The lowest BCUT2D eigenvalue weighted by Crippen LogP contribution is -2.17. The Morgan fingerprint density at radius 1 is 1.53 bits per heavy atom. The van der Waals surface area contributed by atoms with Crippen LogP contribution in [0.2, 0.25) is 0 Å². The molecule has 1 nitrogen and oxygen atoms in total. The zero-order valence-electron chi connectivity index (χ0n) is 9.61. The van der Waals surface area contributed by atoms with Gasteiger partial charge in [0.25, 0.3) is 0 Å². The largest absolute Gasteiger partial charge is 0.324 e. The number of hydrogen-bond donors (Lipinski definition) is 1. The van der Waals surface area contributed by atoms with E-state index in [0.29, 0.717) is 6.42 Å². The Hall–Kier alpha value is -0.700. The molecule has 3 heteroatoms. The molecule has 86 valence electrons. The van der Waals surface area contributed by atoms with Crippen LogP contribution < -0.4 is 5.73 Å². The average molecular weight is 215 g/mol. The van der Waals surface area contributed by atoms with Crippen LogP contribution in [0.3, 0.4) is 0 Å². The van der Waals surface area contributed by atoms with Crippen molar-refractivity contribution in [2.75, 3.05) is 0 Å². The molecule has 0 fully saturated rings. The highest BCUT2D eigenvalue weighted by Crippen LogP contribution is 2.32. The van der Waals surface area contributed by atoms with Crippen LogP contribution >= 0.6 is 0 Å².